The summed E-state index contributed by atoms with van der Waals surface area (Å²) in [4.78, 5) is 30.7. The monoisotopic (exact) mass is 393 g/mol. The van der Waals surface area contributed by atoms with Gasteiger partial charge in [-0.25, -0.2) is 15.0 Å². The minimum absolute atomic E-state index is 0.116. The lowest BCUT2D eigenvalue weighted by molar-refractivity contribution is -0.140. The number of amides is 1. The number of morpholine rings is 1. The number of H-pyrrole nitrogens is 1. The van der Waals surface area contributed by atoms with Crippen molar-refractivity contribution in [2.75, 3.05) is 31.1 Å². The van der Waals surface area contributed by atoms with E-state index in [4.69, 9.17) is 4.74 Å². The van der Waals surface area contributed by atoms with Crippen molar-refractivity contribution in [3.63, 3.8) is 0 Å². The maximum Gasteiger partial charge on any atom is 0.245 e. The molecule has 5 rings (SSSR count). The molecule has 0 saturated carbocycles. The molecule has 2 aliphatic heterocycles. The van der Waals surface area contributed by atoms with Crippen LogP contribution in [0.1, 0.15) is 30.6 Å². The predicted octanol–water partition coefficient (Wildman–Crippen LogP) is 1.63. The number of fused-ring (bicyclic) bond motifs is 1. The van der Waals surface area contributed by atoms with Gasteiger partial charge in [-0.3, -0.25) is 9.89 Å². The Bertz CT molecular complexity index is 1030. The standard InChI is InChI=1S/C20H23N7O2/c1-13-23-18(25-24-13)17-11-26(9-10-29-17)20(28)16-7-4-8-27(16)19-14-5-2-3-6-15(14)21-12-22-19/h2-3,5-6,12,16-17H,4,7-11H2,1H3,(H,23,24,25). The highest BCUT2D eigenvalue weighted by molar-refractivity contribution is 5.93. The van der Waals surface area contributed by atoms with Gasteiger partial charge in [-0.1, -0.05) is 12.1 Å². The third-order valence-electron chi connectivity index (χ3n) is 5.61. The summed E-state index contributed by atoms with van der Waals surface area (Å²) >= 11 is 0. The number of carbonyl (C=O) groups excluding carboxylic acids is 1. The molecule has 9 heteroatoms. The van der Waals surface area contributed by atoms with E-state index < -0.39 is 0 Å². The largest absolute Gasteiger partial charge is 0.366 e. The zero-order valence-corrected chi connectivity index (χ0v) is 16.3. The summed E-state index contributed by atoms with van der Waals surface area (Å²) in [6.45, 7) is 4.18. The average molecular weight is 393 g/mol. The molecule has 1 N–H and O–H groups in total. The van der Waals surface area contributed by atoms with Gasteiger partial charge >= 0.3 is 0 Å². The first-order chi connectivity index (χ1) is 14.2. The van der Waals surface area contributed by atoms with E-state index in [2.05, 4.69) is 30.0 Å². The van der Waals surface area contributed by atoms with Crippen LogP contribution < -0.4 is 4.90 Å². The predicted molar refractivity (Wildman–Crippen MR) is 106 cm³/mol. The normalized spacial score (nSPS) is 22.4. The summed E-state index contributed by atoms with van der Waals surface area (Å²) in [5, 5.41) is 8.02. The first kappa shape index (κ1) is 18.0. The summed E-state index contributed by atoms with van der Waals surface area (Å²) in [7, 11) is 0. The molecule has 150 valence electrons. The number of ether oxygens (including phenoxy) is 1. The summed E-state index contributed by atoms with van der Waals surface area (Å²) in [6, 6.07) is 7.71. The Kier molecular flexibility index (Phi) is 4.59. The highest BCUT2D eigenvalue weighted by Gasteiger charge is 2.37. The van der Waals surface area contributed by atoms with Gasteiger partial charge < -0.3 is 14.5 Å². The van der Waals surface area contributed by atoms with E-state index in [1.807, 2.05) is 36.1 Å². The molecule has 1 aromatic carbocycles. The highest BCUT2D eigenvalue weighted by atomic mass is 16.5. The molecule has 2 aliphatic rings. The van der Waals surface area contributed by atoms with E-state index in [9.17, 15) is 4.79 Å². The number of hydrogen-bond donors (Lipinski definition) is 1. The lowest BCUT2D eigenvalue weighted by Gasteiger charge is -2.35. The molecule has 3 aromatic rings. The molecule has 2 fully saturated rings. The van der Waals surface area contributed by atoms with Crippen LogP contribution in [0.5, 0.6) is 0 Å². The van der Waals surface area contributed by atoms with Gasteiger partial charge in [-0.15, -0.1) is 0 Å². The molecule has 4 heterocycles. The molecule has 2 saturated heterocycles. The zero-order valence-electron chi connectivity index (χ0n) is 16.3. The number of aromatic nitrogens is 5. The van der Waals surface area contributed by atoms with Crippen molar-refractivity contribution in [1.29, 1.82) is 0 Å². The Labute approximate surface area is 168 Å². The van der Waals surface area contributed by atoms with Gasteiger partial charge in [-0.05, 0) is 31.9 Å². The number of aryl methyl sites for hydroxylation is 1. The topological polar surface area (TPSA) is 100 Å². The number of carbonyl (C=O) groups is 1. The first-order valence-corrected chi connectivity index (χ1v) is 9.96. The molecule has 0 radical (unpaired) electrons. The van der Waals surface area contributed by atoms with Crippen molar-refractivity contribution in [3.05, 3.63) is 42.2 Å². The van der Waals surface area contributed by atoms with Crippen LogP contribution in [-0.4, -0.2) is 68.2 Å². The Hall–Kier alpha value is -3.07. The summed E-state index contributed by atoms with van der Waals surface area (Å²) < 4.78 is 5.82. The Morgan fingerprint density at radius 2 is 2.14 bits per heavy atom. The second-order valence-corrected chi connectivity index (χ2v) is 7.49. The third-order valence-corrected chi connectivity index (χ3v) is 5.61. The van der Waals surface area contributed by atoms with Crippen molar-refractivity contribution in [2.24, 2.45) is 0 Å². The molecule has 0 spiro atoms. The number of nitrogens with zero attached hydrogens (tertiary/aromatic N) is 6. The minimum atomic E-state index is -0.299. The maximum atomic E-state index is 13.4. The van der Waals surface area contributed by atoms with Crippen molar-refractivity contribution in [3.8, 4) is 0 Å². The number of rotatable bonds is 3. The van der Waals surface area contributed by atoms with Crippen molar-refractivity contribution in [2.45, 2.75) is 31.9 Å². The third kappa shape index (κ3) is 3.31. The number of anilines is 1. The second kappa shape index (κ2) is 7.40. The number of nitrogens with one attached hydrogen (secondary N) is 1. The molecule has 1 amide bonds. The molecular weight excluding hydrogens is 370 g/mol. The van der Waals surface area contributed by atoms with Gasteiger partial charge in [0, 0.05) is 18.5 Å². The second-order valence-electron chi connectivity index (χ2n) is 7.49. The van der Waals surface area contributed by atoms with Gasteiger partial charge in [-0.2, -0.15) is 5.10 Å². The summed E-state index contributed by atoms with van der Waals surface area (Å²) in [6.07, 6.45) is 3.06. The Balaban J connectivity index is 1.38. The van der Waals surface area contributed by atoms with E-state index in [-0.39, 0.29) is 18.1 Å². The fraction of sp³-hybridized carbons (Fsp3) is 0.450. The van der Waals surface area contributed by atoms with Crippen LogP contribution in [0, 0.1) is 6.92 Å². The van der Waals surface area contributed by atoms with Gasteiger partial charge in [0.2, 0.25) is 5.91 Å². The molecule has 0 bridgehead atoms. The van der Waals surface area contributed by atoms with Crippen LogP contribution in [0.3, 0.4) is 0 Å². The van der Waals surface area contributed by atoms with Gasteiger partial charge in [0.25, 0.3) is 0 Å². The van der Waals surface area contributed by atoms with Crippen molar-refractivity contribution in [1.82, 2.24) is 30.0 Å². The van der Waals surface area contributed by atoms with Crippen LogP contribution in [-0.2, 0) is 9.53 Å². The molecule has 2 aromatic heterocycles. The van der Waals surface area contributed by atoms with E-state index in [0.717, 1.165) is 41.9 Å². The van der Waals surface area contributed by atoms with Crippen LogP contribution in [0.2, 0.25) is 0 Å². The van der Waals surface area contributed by atoms with E-state index >= 15 is 0 Å². The van der Waals surface area contributed by atoms with Crippen molar-refractivity contribution < 1.29 is 9.53 Å². The molecule has 0 aliphatic carbocycles. The number of hydrogen-bond acceptors (Lipinski definition) is 7. The van der Waals surface area contributed by atoms with Crippen LogP contribution >= 0.6 is 0 Å². The van der Waals surface area contributed by atoms with Gasteiger partial charge in [0.1, 0.15) is 30.1 Å². The number of benzene rings is 1. The van der Waals surface area contributed by atoms with E-state index in [1.165, 1.54) is 0 Å². The summed E-state index contributed by atoms with van der Waals surface area (Å²) in [5.41, 5.74) is 0.891. The van der Waals surface area contributed by atoms with Gasteiger partial charge in [0.15, 0.2) is 5.82 Å². The lowest BCUT2D eigenvalue weighted by atomic mass is 10.1. The van der Waals surface area contributed by atoms with Crippen molar-refractivity contribution >= 4 is 22.6 Å². The molecule has 2 unspecified atom stereocenters. The SMILES string of the molecule is Cc1nc(C2CN(C(=O)C3CCCN3c3ncnc4ccccc34)CCO2)n[nH]1. The first-order valence-electron chi connectivity index (χ1n) is 9.96. The van der Waals surface area contributed by atoms with E-state index in [0.29, 0.717) is 25.5 Å². The number of aromatic amines is 1. The zero-order chi connectivity index (χ0) is 19.8. The van der Waals surface area contributed by atoms with Gasteiger partial charge in [0.05, 0.1) is 18.7 Å². The van der Waals surface area contributed by atoms with E-state index in [1.54, 1.807) is 6.33 Å². The van der Waals surface area contributed by atoms with Crippen LogP contribution in [0.25, 0.3) is 10.9 Å². The average Bonchev–Trinajstić information content (AvgIpc) is 3.42. The smallest absolute Gasteiger partial charge is 0.245 e. The number of para-hydroxylation sites is 1. The highest BCUT2D eigenvalue weighted by Crippen LogP contribution is 2.31. The Morgan fingerprint density at radius 3 is 3.00 bits per heavy atom. The van der Waals surface area contributed by atoms with Crippen LogP contribution in [0.4, 0.5) is 5.82 Å². The molecular formula is C20H23N7O2. The molecule has 29 heavy (non-hydrogen) atoms. The Morgan fingerprint density at radius 1 is 1.24 bits per heavy atom. The molecule has 9 nitrogen and oxygen atoms in total. The fourth-order valence-corrected chi connectivity index (χ4v) is 4.22. The van der Waals surface area contributed by atoms with Crippen LogP contribution in [0.15, 0.2) is 30.6 Å². The minimum Gasteiger partial charge on any atom is -0.366 e. The quantitative estimate of drug-likeness (QED) is 0.722. The summed E-state index contributed by atoms with van der Waals surface area (Å²) in [5.74, 6) is 2.29. The molecule has 2 atom stereocenters. The fourth-order valence-electron chi connectivity index (χ4n) is 4.22. The maximum absolute atomic E-state index is 13.4. The lowest BCUT2D eigenvalue weighted by Crippen LogP contribution is -2.50.